The number of hydrogen-bond donors (Lipinski definition) is 8. The van der Waals surface area contributed by atoms with Crippen molar-refractivity contribution in [3.63, 3.8) is 0 Å². The zero-order valence-electron chi connectivity index (χ0n) is 13.6. The summed E-state index contributed by atoms with van der Waals surface area (Å²) in [5.41, 5.74) is 26.5. The lowest BCUT2D eigenvalue weighted by Crippen LogP contribution is -2.17. The van der Waals surface area contributed by atoms with Gasteiger partial charge in [-0.25, -0.2) is 0 Å². The lowest BCUT2D eigenvalue weighted by molar-refractivity contribution is 1.08. The van der Waals surface area contributed by atoms with E-state index in [1.54, 1.807) is 36.4 Å². The second-order valence-corrected chi connectivity index (χ2v) is 5.28. The van der Waals surface area contributed by atoms with Gasteiger partial charge >= 0.3 is 0 Å². The molecule has 0 fully saturated rings. The third-order valence-electron chi connectivity index (χ3n) is 3.48. The number of nitrogens with one attached hydrogen (secondary N) is 4. The van der Waals surface area contributed by atoms with Gasteiger partial charge in [0.15, 0.2) is 0 Å². The van der Waals surface area contributed by atoms with E-state index >= 15 is 0 Å². The Morgan fingerprint density at radius 2 is 1.12 bits per heavy atom. The smallest absolute Gasteiger partial charge is 0.122 e. The highest BCUT2D eigenvalue weighted by molar-refractivity contribution is 5.97. The summed E-state index contributed by atoms with van der Waals surface area (Å²) in [6.07, 6.45) is 0. The quantitative estimate of drug-likeness (QED) is 0.159. The van der Waals surface area contributed by atoms with E-state index in [1.807, 2.05) is 0 Å². The molecule has 0 aliphatic carbocycles. The largest absolute Gasteiger partial charge is 0.397 e. The molecule has 0 spiro atoms. The van der Waals surface area contributed by atoms with Crippen LogP contribution < -0.4 is 33.6 Å². The molecule has 0 saturated carbocycles. The van der Waals surface area contributed by atoms with Crippen molar-refractivity contribution in [2.45, 2.75) is 0 Å². The average molecular weight is 363 g/mol. The minimum atomic E-state index is -0.0144. The molecule has 12 N–H and O–H groups in total. The van der Waals surface area contributed by atoms with Crippen LogP contribution in [0.25, 0.3) is 0 Å². The van der Waals surface area contributed by atoms with Crippen molar-refractivity contribution in [3.05, 3.63) is 47.5 Å². The fourth-order valence-corrected chi connectivity index (χ4v) is 2.18. The Morgan fingerprint density at radius 1 is 0.760 bits per heavy atom. The number of anilines is 4. The van der Waals surface area contributed by atoms with Crippen molar-refractivity contribution in [3.8, 4) is 0 Å². The predicted molar refractivity (Wildman–Crippen MR) is 108 cm³/mol. The van der Waals surface area contributed by atoms with E-state index in [0.29, 0.717) is 35.6 Å². The molecule has 0 aliphatic rings. The Kier molecular flexibility index (Phi) is 6.89. The highest BCUT2D eigenvalue weighted by Crippen LogP contribution is 2.21. The maximum Gasteiger partial charge on any atom is 0.122 e. The van der Waals surface area contributed by atoms with Crippen LogP contribution in [0.1, 0.15) is 11.1 Å². The minimum absolute atomic E-state index is 0. The van der Waals surface area contributed by atoms with Gasteiger partial charge in [-0.1, -0.05) is 0 Å². The van der Waals surface area contributed by atoms with Gasteiger partial charge in [0.2, 0.25) is 0 Å². The molecule has 0 bridgehead atoms. The van der Waals surface area contributed by atoms with E-state index in [0.717, 1.165) is 11.4 Å². The SMILES string of the molecule is Cl.N=C(N)c1ccc(NCCNc2ccc(C(=N)N)cc2N)c(N)c1. The normalized spacial score (nSPS) is 9.76. The first kappa shape index (κ1) is 19.9. The molecule has 0 heterocycles. The van der Waals surface area contributed by atoms with Crippen LogP contribution in [0.4, 0.5) is 22.7 Å². The molecule has 0 radical (unpaired) electrons. The van der Waals surface area contributed by atoms with Crippen LogP contribution in [-0.4, -0.2) is 24.8 Å². The zero-order valence-corrected chi connectivity index (χ0v) is 14.4. The summed E-state index contributed by atoms with van der Waals surface area (Å²) in [6.45, 7) is 1.25. The van der Waals surface area contributed by atoms with Crippen molar-refractivity contribution in [1.29, 1.82) is 10.8 Å². The average Bonchev–Trinajstić information content (AvgIpc) is 2.53. The molecular formula is C16H23ClN8. The number of halogens is 1. The van der Waals surface area contributed by atoms with Crippen molar-refractivity contribution >= 4 is 46.8 Å². The van der Waals surface area contributed by atoms with Crippen LogP contribution in [0.2, 0.25) is 0 Å². The first-order valence-corrected chi connectivity index (χ1v) is 7.34. The molecule has 0 atom stereocenters. The topological polar surface area (TPSA) is 176 Å². The number of amidine groups is 2. The van der Waals surface area contributed by atoms with Crippen LogP contribution in [-0.2, 0) is 0 Å². The summed E-state index contributed by atoms with van der Waals surface area (Å²) in [5, 5.41) is 21.2. The van der Waals surface area contributed by atoms with Gasteiger partial charge in [0, 0.05) is 24.2 Å². The standard InChI is InChI=1S/C16H22N8.ClH/c17-11-7-9(15(19)20)1-3-13(11)23-5-6-24-14-4-2-10(16(21)22)8-12(14)18;/h1-4,7-8,23-24H,5-6,17-18H2,(H3,19,20)(H3,21,22);1H. The second-order valence-electron chi connectivity index (χ2n) is 5.28. The molecule has 2 rings (SSSR count). The first-order valence-electron chi connectivity index (χ1n) is 7.34. The summed E-state index contributed by atoms with van der Waals surface area (Å²) in [4.78, 5) is 0. The number of benzene rings is 2. The minimum Gasteiger partial charge on any atom is -0.397 e. The lowest BCUT2D eigenvalue weighted by atomic mass is 10.1. The highest BCUT2D eigenvalue weighted by atomic mass is 35.5. The molecule has 25 heavy (non-hydrogen) atoms. The van der Waals surface area contributed by atoms with E-state index in [1.165, 1.54) is 0 Å². The van der Waals surface area contributed by atoms with Crippen molar-refractivity contribution in [2.75, 3.05) is 35.2 Å². The van der Waals surface area contributed by atoms with Gasteiger partial charge < -0.3 is 33.6 Å². The monoisotopic (exact) mass is 362 g/mol. The third kappa shape index (κ3) is 5.18. The molecule has 9 heteroatoms. The molecule has 0 saturated heterocycles. The molecule has 0 aromatic heterocycles. The van der Waals surface area contributed by atoms with E-state index in [9.17, 15) is 0 Å². The first-order chi connectivity index (χ1) is 11.4. The summed E-state index contributed by atoms with van der Waals surface area (Å²) < 4.78 is 0. The van der Waals surface area contributed by atoms with E-state index < -0.39 is 0 Å². The maximum atomic E-state index is 7.39. The Morgan fingerprint density at radius 3 is 1.40 bits per heavy atom. The van der Waals surface area contributed by atoms with Gasteiger partial charge in [-0.15, -0.1) is 12.4 Å². The van der Waals surface area contributed by atoms with Crippen LogP contribution in [0.3, 0.4) is 0 Å². The van der Waals surface area contributed by atoms with Crippen LogP contribution in [0.5, 0.6) is 0 Å². The predicted octanol–water partition coefficient (Wildman–Crippen LogP) is 1.36. The molecule has 0 aliphatic heterocycles. The fourth-order valence-electron chi connectivity index (χ4n) is 2.18. The number of nitrogen functional groups attached to an aromatic ring is 4. The second kappa shape index (κ2) is 8.65. The molecule has 0 unspecified atom stereocenters. The van der Waals surface area contributed by atoms with Crippen LogP contribution in [0.15, 0.2) is 36.4 Å². The van der Waals surface area contributed by atoms with Crippen molar-refractivity contribution in [2.24, 2.45) is 11.5 Å². The van der Waals surface area contributed by atoms with E-state index in [-0.39, 0.29) is 24.1 Å². The molecule has 8 nitrogen and oxygen atoms in total. The Labute approximate surface area is 152 Å². The molecule has 2 aromatic rings. The molecule has 134 valence electrons. The maximum absolute atomic E-state index is 7.39. The van der Waals surface area contributed by atoms with Crippen LogP contribution in [0, 0.1) is 10.8 Å². The summed E-state index contributed by atoms with van der Waals surface area (Å²) in [6, 6.07) is 10.4. The number of nitrogens with two attached hydrogens (primary N) is 4. The Hall–Kier alpha value is -3.13. The number of hydrogen-bond acceptors (Lipinski definition) is 6. The van der Waals surface area contributed by atoms with E-state index in [2.05, 4.69) is 10.6 Å². The molecule has 2 aromatic carbocycles. The third-order valence-corrected chi connectivity index (χ3v) is 3.48. The van der Waals surface area contributed by atoms with Crippen LogP contribution >= 0.6 is 12.4 Å². The van der Waals surface area contributed by atoms with Gasteiger partial charge in [-0.3, -0.25) is 10.8 Å². The van der Waals surface area contributed by atoms with Crippen molar-refractivity contribution < 1.29 is 0 Å². The van der Waals surface area contributed by atoms with Gasteiger partial charge in [-0.05, 0) is 36.4 Å². The lowest BCUT2D eigenvalue weighted by Gasteiger charge is -2.13. The molecule has 0 amide bonds. The molecular weight excluding hydrogens is 340 g/mol. The zero-order chi connectivity index (χ0) is 17.7. The summed E-state index contributed by atoms with van der Waals surface area (Å²) in [7, 11) is 0. The van der Waals surface area contributed by atoms with Crippen molar-refractivity contribution in [1.82, 2.24) is 0 Å². The van der Waals surface area contributed by atoms with Gasteiger partial charge in [0.25, 0.3) is 0 Å². The Bertz CT molecular complexity index is 709. The summed E-state index contributed by atoms with van der Waals surface area (Å²) >= 11 is 0. The van der Waals surface area contributed by atoms with Gasteiger partial charge in [0.05, 0.1) is 22.7 Å². The van der Waals surface area contributed by atoms with E-state index in [4.69, 9.17) is 33.8 Å². The fraction of sp³-hybridized carbons (Fsp3) is 0.125. The Balaban J connectivity index is 0.00000312. The number of rotatable bonds is 7. The highest BCUT2D eigenvalue weighted by Gasteiger charge is 2.04. The van der Waals surface area contributed by atoms with Gasteiger partial charge in [-0.2, -0.15) is 0 Å². The summed E-state index contributed by atoms with van der Waals surface area (Å²) in [5.74, 6) is -0.0289. The van der Waals surface area contributed by atoms with Gasteiger partial charge in [0.1, 0.15) is 11.7 Å².